The number of halogens is 1. The molecule has 4 rings (SSSR count). The molecular formula is C20H17ClN2O3S2. The first kappa shape index (κ1) is 19.0. The van der Waals surface area contributed by atoms with Crippen molar-refractivity contribution in [1.29, 1.82) is 0 Å². The van der Waals surface area contributed by atoms with E-state index in [-0.39, 0.29) is 10.8 Å². The van der Waals surface area contributed by atoms with E-state index in [9.17, 15) is 8.42 Å². The summed E-state index contributed by atoms with van der Waals surface area (Å²) in [4.78, 5) is 1.03. The Hall–Kier alpha value is -2.35. The van der Waals surface area contributed by atoms with E-state index < -0.39 is 10.0 Å². The van der Waals surface area contributed by atoms with Gasteiger partial charge < -0.3 is 4.52 Å². The number of hydrogen-bond acceptors (Lipinski definition) is 5. The van der Waals surface area contributed by atoms with Crippen molar-refractivity contribution in [3.8, 4) is 0 Å². The van der Waals surface area contributed by atoms with E-state index >= 15 is 0 Å². The van der Waals surface area contributed by atoms with Crippen LogP contribution in [0.2, 0.25) is 5.02 Å². The van der Waals surface area contributed by atoms with Crippen molar-refractivity contribution in [2.24, 2.45) is 0 Å². The zero-order chi connectivity index (χ0) is 19.9. The monoisotopic (exact) mass is 432 g/mol. The third-order valence-electron chi connectivity index (χ3n) is 4.55. The fourth-order valence-electron chi connectivity index (χ4n) is 2.95. The first-order valence-electron chi connectivity index (χ1n) is 8.55. The van der Waals surface area contributed by atoms with Crippen LogP contribution >= 0.6 is 22.9 Å². The molecule has 5 nitrogen and oxygen atoms in total. The second-order valence-corrected chi connectivity index (χ2v) is 9.67. The number of fused-ring (bicyclic) bond motifs is 1. The van der Waals surface area contributed by atoms with Gasteiger partial charge >= 0.3 is 0 Å². The lowest BCUT2D eigenvalue weighted by Gasteiger charge is -2.08. The van der Waals surface area contributed by atoms with Crippen LogP contribution in [0.1, 0.15) is 21.7 Å². The van der Waals surface area contributed by atoms with Crippen molar-refractivity contribution in [3.05, 3.63) is 75.3 Å². The minimum absolute atomic E-state index is 0.144. The molecule has 0 fully saturated rings. The van der Waals surface area contributed by atoms with E-state index in [1.54, 1.807) is 26.0 Å². The van der Waals surface area contributed by atoms with Gasteiger partial charge in [0.1, 0.15) is 4.90 Å². The third kappa shape index (κ3) is 3.53. The summed E-state index contributed by atoms with van der Waals surface area (Å²) in [6.07, 6.45) is 0.487. The molecule has 28 heavy (non-hydrogen) atoms. The number of nitrogens with zero attached hydrogens (tertiary/aromatic N) is 1. The summed E-state index contributed by atoms with van der Waals surface area (Å²) in [5.74, 6) is 0.144. The molecule has 0 amide bonds. The second kappa shape index (κ2) is 7.24. The molecule has 0 atom stereocenters. The maximum absolute atomic E-state index is 13.3. The Morgan fingerprint density at radius 3 is 2.50 bits per heavy atom. The average molecular weight is 433 g/mol. The van der Waals surface area contributed by atoms with Crippen LogP contribution in [0.15, 0.2) is 57.9 Å². The molecule has 0 unspecified atom stereocenters. The molecule has 0 spiro atoms. The van der Waals surface area contributed by atoms with Gasteiger partial charge in [0.05, 0.1) is 5.69 Å². The number of benzene rings is 2. The Bertz CT molecular complexity index is 1260. The largest absolute Gasteiger partial charge is 0.337 e. The molecule has 0 radical (unpaired) electrons. The molecule has 144 valence electrons. The zero-order valence-electron chi connectivity index (χ0n) is 15.2. The molecule has 0 aliphatic rings. The highest BCUT2D eigenvalue weighted by Crippen LogP contribution is 2.37. The Morgan fingerprint density at radius 1 is 1.11 bits per heavy atom. The number of nitrogens with one attached hydrogen (secondary N) is 1. The summed E-state index contributed by atoms with van der Waals surface area (Å²) in [6.45, 7) is 3.53. The fourth-order valence-corrected chi connectivity index (χ4v) is 6.11. The van der Waals surface area contributed by atoms with E-state index in [2.05, 4.69) is 9.88 Å². The van der Waals surface area contributed by atoms with Crippen molar-refractivity contribution in [2.75, 3.05) is 4.72 Å². The average Bonchev–Trinajstić information content (AvgIpc) is 3.18. The summed E-state index contributed by atoms with van der Waals surface area (Å²) >= 11 is 7.44. The highest BCUT2D eigenvalue weighted by atomic mass is 35.5. The van der Waals surface area contributed by atoms with Crippen LogP contribution in [0.5, 0.6) is 0 Å². The number of hydrogen-bond donors (Lipinski definition) is 1. The highest BCUT2D eigenvalue weighted by Gasteiger charge is 2.27. The maximum Gasteiger partial charge on any atom is 0.265 e. The Labute approximate surface area is 172 Å². The van der Waals surface area contributed by atoms with Gasteiger partial charge in [-0.1, -0.05) is 47.1 Å². The van der Waals surface area contributed by atoms with Gasteiger partial charge in [-0.3, -0.25) is 0 Å². The molecule has 0 saturated heterocycles. The van der Waals surface area contributed by atoms with Crippen LogP contribution in [0, 0.1) is 13.8 Å². The molecule has 0 aliphatic heterocycles. The number of rotatable bonds is 5. The minimum Gasteiger partial charge on any atom is -0.337 e. The molecule has 2 aromatic heterocycles. The standard InChI is InChI=1S/C20H17ClN2O3S2/c1-12-13(2)22-26-20(12)23-28(24,25)19-16-5-3-4-6-17(16)27-18(19)11-14-7-9-15(21)10-8-14/h3-10,23H,11H2,1-2H3. The van der Waals surface area contributed by atoms with Gasteiger partial charge in [-0.2, -0.15) is 0 Å². The highest BCUT2D eigenvalue weighted by molar-refractivity contribution is 7.93. The molecule has 0 bridgehead atoms. The summed E-state index contributed by atoms with van der Waals surface area (Å²) in [6, 6.07) is 14.9. The van der Waals surface area contributed by atoms with Crippen molar-refractivity contribution in [3.63, 3.8) is 0 Å². The third-order valence-corrected chi connectivity index (χ3v) is 7.56. The molecule has 2 heterocycles. The summed E-state index contributed by atoms with van der Waals surface area (Å²) < 4.78 is 35.2. The number of aryl methyl sites for hydroxylation is 1. The van der Waals surface area contributed by atoms with Crippen molar-refractivity contribution < 1.29 is 12.9 Å². The number of sulfonamides is 1. The van der Waals surface area contributed by atoms with Gasteiger partial charge in [0.2, 0.25) is 5.88 Å². The lowest BCUT2D eigenvalue weighted by Crippen LogP contribution is -2.14. The minimum atomic E-state index is -3.86. The van der Waals surface area contributed by atoms with Gasteiger partial charge in [0.25, 0.3) is 10.0 Å². The van der Waals surface area contributed by atoms with Crippen LogP contribution < -0.4 is 4.72 Å². The first-order valence-corrected chi connectivity index (χ1v) is 11.2. The molecule has 8 heteroatoms. The molecule has 0 saturated carbocycles. The van der Waals surface area contributed by atoms with E-state index in [1.807, 2.05) is 36.4 Å². The van der Waals surface area contributed by atoms with Crippen LogP contribution in [-0.2, 0) is 16.4 Å². The van der Waals surface area contributed by atoms with Crippen LogP contribution in [0.25, 0.3) is 10.1 Å². The normalized spacial score (nSPS) is 11.8. The van der Waals surface area contributed by atoms with Crippen LogP contribution in [-0.4, -0.2) is 13.6 Å². The lowest BCUT2D eigenvalue weighted by atomic mass is 10.1. The van der Waals surface area contributed by atoms with Crippen molar-refractivity contribution >= 4 is 48.9 Å². The van der Waals surface area contributed by atoms with Gasteiger partial charge in [-0.15, -0.1) is 11.3 Å². The summed E-state index contributed by atoms with van der Waals surface area (Å²) in [7, 11) is -3.86. The van der Waals surface area contributed by atoms with Gasteiger partial charge in [0.15, 0.2) is 0 Å². The number of anilines is 1. The quantitative estimate of drug-likeness (QED) is 0.448. The second-order valence-electron chi connectivity index (χ2n) is 6.48. The molecule has 1 N–H and O–H groups in total. The van der Waals surface area contributed by atoms with Gasteiger partial charge in [-0.25, -0.2) is 13.1 Å². The van der Waals surface area contributed by atoms with E-state index in [4.69, 9.17) is 16.1 Å². The molecule has 2 aromatic carbocycles. The van der Waals surface area contributed by atoms with E-state index in [0.717, 1.165) is 15.1 Å². The summed E-state index contributed by atoms with van der Waals surface area (Å²) in [5.41, 5.74) is 2.30. The SMILES string of the molecule is Cc1noc(NS(=O)(=O)c2c(Cc3ccc(Cl)cc3)sc3ccccc23)c1C. The zero-order valence-corrected chi connectivity index (χ0v) is 17.6. The maximum atomic E-state index is 13.3. The van der Waals surface area contributed by atoms with Gasteiger partial charge in [0, 0.05) is 32.0 Å². The smallest absolute Gasteiger partial charge is 0.265 e. The van der Waals surface area contributed by atoms with Crippen LogP contribution in [0.3, 0.4) is 0 Å². The predicted molar refractivity (Wildman–Crippen MR) is 113 cm³/mol. The summed E-state index contributed by atoms with van der Waals surface area (Å²) in [5, 5.41) is 5.17. The fraction of sp³-hybridized carbons (Fsp3) is 0.150. The van der Waals surface area contributed by atoms with E-state index in [0.29, 0.717) is 28.1 Å². The molecule has 4 aromatic rings. The molecule has 0 aliphatic carbocycles. The van der Waals surface area contributed by atoms with Crippen molar-refractivity contribution in [2.45, 2.75) is 25.2 Å². The topological polar surface area (TPSA) is 72.2 Å². The number of thiophene rings is 1. The lowest BCUT2D eigenvalue weighted by molar-refractivity contribution is 0.430. The Kier molecular flexibility index (Phi) is 4.91. The van der Waals surface area contributed by atoms with E-state index in [1.165, 1.54) is 11.3 Å². The van der Waals surface area contributed by atoms with Crippen LogP contribution in [0.4, 0.5) is 5.88 Å². The number of aromatic nitrogens is 1. The molecular weight excluding hydrogens is 416 g/mol. The Morgan fingerprint density at radius 2 is 1.82 bits per heavy atom. The Balaban J connectivity index is 1.82. The predicted octanol–water partition coefficient (Wildman–Crippen LogP) is 5.55. The van der Waals surface area contributed by atoms with Gasteiger partial charge in [-0.05, 0) is 37.6 Å². The first-order chi connectivity index (χ1) is 13.3. The van der Waals surface area contributed by atoms with Crippen molar-refractivity contribution in [1.82, 2.24) is 5.16 Å².